The lowest BCUT2D eigenvalue weighted by Gasteiger charge is -2.31. The molecule has 1 aromatic carbocycles. The summed E-state index contributed by atoms with van der Waals surface area (Å²) in [4.78, 5) is 21.9. The van der Waals surface area contributed by atoms with Crippen molar-refractivity contribution in [1.82, 2.24) is 25.3 Å². The standard InChI is InChI=1S/C24H35N5O5/c1-31-20-7-6-18(15-21(20)32-2)23-26-22(34-27-23)17-29-9-3-5-19(16-29)24(30)25-8-4-10-28-11-13-33-14-12-28/h6-7,15,19H,3-5,8-14,16-17H2,1-2H3,(H,25,30)/t19-/m1/s1. The number of amides is 1. The quantitative estimate of drug-likeness (QED) is 0.518. The number of rotatable bonds is 10. The maximum absolute atomic E-state index is 12.7. The number of carbonyl (C=O) groups is 1. The van der Waals surface area contributed by atoms with E-state index in [1.54, 1.807) is 14.2 Å². The molecule has 2 fully saturated rings. The fourth-order valence-electron chi connectivity index (χ4n) is 4.50. The topological polar surface area (TPSA) is 102 Å². The van der Waals surface area contributed by atoms with E-state index >= 15 is 0 Å². The van der Waals surface area contributed by atoms with Crippen LogP contribution in [-0.2, 0) is 16.1 Å². The molecule has 3 heterocycles. The Hall–Kier alpha value is -2.69. The number of carbonyl (C=O) groups excluding carboxylic acids is 1. The van der Waals surface area contributed by atoms with Crippen LogP contribution in [0.5, 0.6) is 11.5 Å². The fraction of sp³-hybridized carbons (Fsp3) is 0.625. The molecule has 34 heavy (non-hydrogen) atoms. The van der Waals surface area contributed by atoms with Crippen LogP contribution in [0.15, 0.2) is 22.7 Å². The van der Waals surface area contributed by atoms with Crippen LogP contribution in [0.25, 0.3) is 11.4 Å². The molecule has 1 amide bonds. The number of methoxy groups -OCH3 is 2. The molecule has 0 spiro atoms. The molecule has 0 saturated carbocycles. The van der Waals surface area contributed by atoms with Gasteiger partial charge < -0.3 is 24.1 Å². The number of hydrogen-bond acceptors (Lipinski definition) is 9. The summed E-state index contributed by atoms with van der Waals surface area (Å²) in [7, 11) is 3.19. The highest BCUT2D eigenvalue weighted by atomic mass is 16.5. The average molecular weight is 474 g/mol. The first kappa shape index (κ1) is 24.4. The highest BCUT2D eigenvalue weighted by Gasteiger charge is 2.27. The van der Waals surface area contributed by atoms with E-state index in [1.165, 1.54) is 0 Å². The summed E-state index contributed by atoms with van der Waals surface area (Å²) in [6, 6.07) is 5.52. The van der Waals surface area contributed by atoms with E-state index < -0.39 is 0 Å². The van der Waals surface area contributed by atoms with E-state index in [4.69, 9.17) is 18.7 Å². The van der Waals surface area contributed by atoms with Crippen LogP contribution in [-0.4, -0.2) is 92.5 Å². The van der Waals surface area contributed by atoms with E-state index in [9.17, 15) is 4.79 Å². The predicted octanol–water partition coefficient (Wildman–Crippen LogP) is 1.80. The van der Waals surface area contributed by atoms with Gasteiger partial charge in [-0.25, -0.2) is 0 Å². The number of nitrogens with one attached hydrogen (secondary N) is 1. The Bertz CT molecular complexity index is 930. The van der Waals surface area contributed by atoms with Crippen molar-refractivity contribution in [2.24, 2.45) is 5.92 Å². The zero-order valence-electron chi connectivity index (χ0n) is 20.1. The molecule has 10 nitrogen and oxygen atoms in total. The molecule has 0 unspecified atom stereocenters. The zero-order chi connectivity index (χ0) is 23.8. The summed E-state index contributed by atoms with van der Waals surface area (Å²) >= 11 is 0. The molecule has 0 radical (unpaired) electrons. The van der Waals surface area contributed by atoms with Gasteiger partial charge in [0.25, 0.3) is 0 Å². The van der Waals surface area contributed by atoms with Gasteiger partial charge in [0.15, 0.2) is 11.5 Å². The molecule has 0 bridgehead atoms. The molecule has 0 aliphatic carbocycles. The van der Waals surface area contributed by atoms with Crippen molar-refractivity contribution in [2.75, 3.05) is 66.7 Å². The Balaban J connectivity index is 1.24. The summed E-state index contributed by atoms with van der Waals surface area (Å²) < 4.78 is 21.5. The van der Waals surface area contributed by atoms with Crippen molar-refractivity contribution in [3.8, 4) is 22.9 Å². The molecule has 4 rings (SSSR count). The summed E-state index contributed by atoms with van der Waals surface area (Å²) in [5, 5.41) is 7.25. The number of likely N-dealkylation sites (tertiary alicyclic amines) is 1. The van der Waals surface area contributed by atoms with Gasteiger partial charge in [-0.1, -0.05) is 5.16 Å². The number of benzene rings is 1. The molecule has 2 aromatic rings. The minimum atomic E-state index is -0.00891. The highest BCUT2D eigenvalue weighted by Crippen LogP contribution is 2.31. The molecule has 1 aromatic heterocycles. The largest absolute Gasteiger partial charge is 0.493 e. The van der Waals surface area contributed by atoms with Crippen molar-refractivity contribution < 1.29 is 23.5 Å². The summed E-state index contributed by atoms with van der Waals surface area (Å²) in [5.41, 5.74) is 0.792. The van der Waals surface area contributed by atoms with Crippen molar-refractivity contribution in [3.63, 3.8) is 0 Å². The Morgan fingerprint density at radius 1 is 1.15 bits per heavy atom. The Labute approximate surface area is 200 Å². The van der Waals surface area contributed by atoms with Gasteiger partial charge in [0.2, 0.25) is 17.6 Å². The van der Waals surface area contributed by atoms with Gasteiger partial charge in [-0.15, -0.1) is 0 Å². The molecule has 1 N–H and O–H groups in total. The Morgan fingerprint density at radius 2 is 1.97 bits per heavy atom. The summed E-state index contributed by atoms with van der Waals surface area (Å²) in [6.07, 6.45) is 2.85. The van der Waals surface area contributed by atoms with Crippen molar-refractivity contribution in [2.45, 2.75) is 25.8 Å². The van der Waals surface area contributed by atoms with Crippen LogP contribution in [0.4, 0.5) is 0 Å². The van der Waals surface area contributed by atoms with E-state index in [0.29, 0.717) is 42.8 Å². The van der Waals surface area contributed by atoms with Gasteiger partial charge in [0.1, 0.15) is 0 Å². The van der Waals surface area contributed by atoms with Crippen LogP contribution >= 0.6 is 0 Å². The van der Waals surface area contributed by atoms with Crippen LogP contribution in [0.3, 0.4) is 0 Å². The van der Waals surface area contributed by atoms with Crippen LogP contribution in [0, 0.1) is 5.92 Å². The van der Waals surface area contributed by atoms with Crippen molar-refractivity contribution >= 4 is 5.91 Å². The monoisotopic (exact) mass is 473 g/mol. The lowest BCUT2D eigenvalue weighted by Crippen LogP contribution is -2.43. The van der Waals surface area contributed by atoms with Crippen LogP contribution in [0.2, 0.25) is 0 Å². The van der Waals surface area contributed by atoms with E-state index in [0.717, 1.165) is 64.2 Å². The van der Waals surface area contributed by atoms with Crippen LogP contribution < -0.4 is 14.8 Å². The maximum atomic E-state index is 12.7. The zero-order valence-corrected chi connectivity index (χ0v) is 20.1. The number of hydrogen-bond donors (Lipinski definition) is 1. The van der Waals surface area contributed by atoms with E-state index in [1.807, 2.05) is 18.2 Å². The smallest absolute Gasteiger partial charge is 0.241 e. The minimum absolute atomic E-state index is 0.00891. The first-order chi connectivity index (χ1) is 16.7. The second-order valence-electron chi connectivity index (χ2n) is 8.75. The first-order valence-corrected chi connectivity index (χ1v) is 12.0. The van der Waals surface area contributed by atoms with E-state index in [2.05, 4.69) is 25.3 Å². The number of aromatic nitrogens is 2. The van der Waals surface area contributed by atoms with Gasteiger partial charge in [-0.2, -0.15) is 4.98 Å². The Morgan fingerprint density at radius 3 is 2.76 bits per heavy atom. The molecule has 1 atom stereocenters. The average Bonchev–Trinajstić information content (AvgIpc) is 3.35. The van der Waals surface area contributed by atoms with Crippen molar-refractivity contribution in [1.29, 1.82) is 0 Å². The predicted molar refractivity (Wildman–Crippen MR) is 126 cm³/mol. The third-order valence-corrected chi connectivity index (χ3v) is 6.40. The molecule has 2 saturated heterocycles. The lowest BCUT2D eigenvalue weighted by atomic mass is 9.97. The number of morpholine rings is 1. The first-order valence-electron chi connectivity index (χ1n) is 12.0. The Kier molecular flexibility index (Phi) is 8.73. The third-order valence-electron chi connectivity index (χ3n) is 6.40. The molecule has 2 aliphatic rings. The lowest BCUT2D eigenvalue weighted by molar-refractivity contribution is -0.126. The maximum Gasteiger partial charge on any atom is 0.241 e. The normalized spacial score (nSPS) is 19.6. The van der Waals surface area contributed by atoms with Gasteiger partial charge in [0, 0.05) is 31.7 Å². The fourth-order valence-corrected chi connectivity index (χ4v) is 4.50. The summed E-state index contributed by atoms with van der Waals surface area (Å²) in [6.45, 7) is 7.43. The SMILES string of the molecule is COc1ccc(-c2noc(CN3CCC[C@@H](C(=O)NCCCN4CCOCC4)C3)n2)cc1OC. The van der Waals surface area contributed by atoms with E-state index in [-0.39, 0.29) is 11.8 Å². The van der Waals surface area contributed by atoms with Gasteiger partial charge in [0.05, 0.1) is 39.9 Å². The highest BCUT2D eigenvalue weighted by molar-refractivity contribution is 5.78. The number of ether oxygens (including phenoxy) is 3. The molecule has 186 valence electrons. The number of nitrogens with zero attached hydrogens (tertiary/aromatic N) is 4. The molecular formula is C24H35N5O5. The second-order valence-corrected chi connectivity index (χ2v) is 8.75. The van der Waals surface area contributed by atoms with Crippen LogP contribution in [0.1, 0.15) is 25.2 Å². The third kappa shape index (κ3) is 6.46. The molecule has 2 aliphatic heterocycles. The number of piperidine rings is 1. The molecule has 10 heteroatoms. The van der Waals surface area contributed by atoms with Gasteiger partial charge in [-0.3, -0.25) is 14.6 Å². The second kappa shape index (κ2) is 12.1. The summed E-state index contributed by atoms with van der Waals surface area (Å²) in [5.74, 6) is 2.43. The van der Waals surface area contributed by atoms with Gasteiger partial charge >= 0.3 is 0 Å². The molecular weight excluding hydrogens is 438 g/mol. The van der Waals surface area contributed by atoms with Gasteiger partial charge in [-0.05, 0) is 50.6 Å². The van der Waals surface area contributed by atoms with Crippen molar-refractivity contribution in [3.05, 3.63) is 24.1 Å². The minimum Gasteiger partial charge on any atom is -0.493 e.